The summed E-state index contributed by atoms with van der Waals surface area (Å²) in [5.41, 5.74) is -0.633. The number of nitro groups is 1. The van der Waals surface area contributed by atoms with Gasteiger partial charge in [-0.1, -0.05) is 26.2 Å². The first kappa shape index (κ1) is 17.6. The molecule has 0 saturated carbocycles. The zero-order valence-electron chi connectivity index (χ0n) is 11.3. The van der Waals surface area contributed by atoms with E-state index in [2.05, 4.69) is 0 Å². The zero-order chi connectivity index (χ0) is 16.0. The molecule has 0 amide bonds. The van der Waals surface area contributed by atoms with Crippen molar-refractivity contribution >= 4 is 25.4 Å². The number of nitro benzene ring substituents is 1. The second-order valence-electron chi connectivity index (χ2n) is 4.35. The fourth-order valence-corrected chi connectivity index (χ4v) is 2.58. The predicted octanol–water partition coefficient (Wildman–Crippen LogP) is 3.62. The molecule has 0 fully saturated rings. The third-order valence-electron chi connectivity index (χ3n) is 2.73. The van der Waals surface area contributed by atoms with Crippen LogP contribution >= 0.6 is 10.7 Å². The van der Waals surface area contributed by atoms with Gasteiger partial charge in [0.2, 0.25) is 0 Å². The molecule has 6 nitrogen and oxygen atoms in total. The van der Waals surface area contributed by atoms with Crippen LogP contribution in [0.5, 0.6) is 5.75 Å². The summed E-state index contributed by atoms with van der Waals surface area (Å²) in [4.78, 5) is 9.14. The molecule has 9 heteroatoms. The minimum atomic E-state index is -4.40. The van der Waals surface area contributed by atoms with Gasteiger partial charge in [-0.2, -0.15) is 0 Å². The Labute approximate surface area is 126 Å². The first-order valence-electron chi connectivity index (χ1n) is 6.32. The van der Waals surface area contributed by atoms with Crippen LogP contribution in [0.25, 0.3) is 0 Å². The predicted molar refractivity (Wildman–Crippen MR) is 75.7 cm³/mol. The van der Waals surface area contributed by atoms with E-state index in [9.17, 15) is 22.9 Å². The molecule has 0 N–H and O–H groups in total. The molecule has 0 aromatic heterocycles. The van der Waals surface area contributed by atoms with E-state index in [-0.39, 0.29) is 12.4 Å². The van der Waals surface area contributed by atoms with Crippen molar-refractivity contribution in [2.75, 3.05) is 6.61 Å². The first-order valence-corrected chi connectivity index (χ1v) is 8.63. The Hall–Kier alpha value is -1.41. The van der Waals surface area contributed by atoms with E-state index < -0.39 is 30.4 Å². The fourth-order valence-electron chi connectivity index (χ4n) is 1.68. The van der Waals surface area contributed by atoms with E-state index in [0.717, 1.165) is 19.3 Å². The smallest absolute Gasteiger partial charge is 0.312 e. The highest BCUT2D eigenvalue weighted by atomic mass is 35.7. The van der Waals surface area contributed by atoms with Gasteiger partial charge in [0.1, 0.15) is 10.7 Å². The summed E-state index contributed by atoms with van der Waals surface area (Å²) in [6, 6.07) is 1.24. The molecule has 1 rings (SSSR count). The van der Waals surface area contributed by atoms with Gasteiger partial charge in [0.05, 0.1) is 11.5 Å². The van der Waals surface area contributed by atoms with Crippen LogP contribution in [0.3, 0.4) is 0 Å². The molecule has 0 aliphatic rings. The average molecular weight is 340 g/mol. The van der Waals surface area contributed by atoms with Gasteiger partial charge in [0, 0.05) is 22.8 Å². The van der Waals surface area contributed by atoms with Crippen LogP contribution < -0.4 is 4.74 Å². The van der Waals surface area contributed by atoms with E-state index in [4.69, 9.17) is 15.4 Å². The van der Waals surface area contributed by atoms with Crippen molar-refractivity contribution in [2.45, 2.75) is 37.5 Å². The molecule has 21 heavy (non-hydrogen) atoms. The molecule has 0 spiro atoms. The lowest BCUT2D eigenvalue weighted by Gasteiger charge is -2.08. The number of rotatable bonds is 8. The summed E-state index contributed by atoms with van der Waals surface area (Å²) in [5, 5.41) is 10.9. The van der Waals surface area contributed by atoms with Gasteiger partial charge >= 0.3 is 5.69 Å². The van der Waals surface area contributed by atoms with Crippen LogP contribution in [-0.4, -0.2) is 19.9 Å². The van der Waals surface area contributed by atoms with Crippen molar-refractivity contribution < 1.29 is 22.5 Å². The standard InChI is InChI=1S/C12H15ClFNO5S/c1-2-3-4-5-6-20-11-7-9(14)12(21(13,18)19)8-10(11)15(16)17/h7-8H,2-6H2,1H3. The summed E-state index contributed by atoms with van der Waals surface area (Å²) in [6.45, 7) is 2.22. The fraction of sp³-hybridized carbons (Fsp3) is 0.500. The Morgan fingerprint density at radius 2 is 2.00 bits per heavy atom. The molecule has 0 aliphatic carbocycles. The molecular weight excluding hydrogens is 325 g/mol. The highest BCUT2D eigenvalue weighted by Gasteiger charge is 2.25. The lowest BCUT2D eigenvalue weighted by Crippen LogP contribution is -2.04. The summed E-state index contributed by atoms with van der Waals surface area (Å²) in [7, 11) is 0.622. The Morgan fingerprint density at radius 3 is 2.52 bits per heavy atom. The molecule has 0 saturated heterocycles. The second-order valence-corrected chi connectivity index (χ2v) is 6.89. The normalized spacial score (nSPS) is 11.4. The van der Waals surface area contributed by atoms with E-state index >= 15 is 0 Å². The highest BCUT2D eigenvalue weighted by Crippen LogP contribution is 2.33. The minimum absolute atomic E-state index is 0.188. The van der Waals surface area contributed by atoms with Gasteiger partial charge in [0.15, 0.2) is 5.75 Å². The van der Waals surface area contributed by atoms with Gasteiger partial charge in [-0.05, 0) is 6.42 Å². The highest BCUT2D eigenvalue weighted by molar-refractivity contribution is 8.13. The molecule has 1 aromatic carbocycles. The van der Waals surface area contributed by atoms with Crippen LogP contribution in [0.4, 0.5) is 10.1 Å². The number of unbranched alkanes of at least 4 members (excludes halogenated alkanes) is 3. The van der Waals surface area contributed by atoms with Crippen molar-refractivity contribution in [2.24, 2.45) is 0 Å². The Balaban J connectivity index is 2.99. The number of halogens is 2. The van der Waals surface area contributed by atoms with Gasteiger partial charge in [-0.25, -0.2) is 12.8 Å². The number of nitrogens with zero attached hydrogens (tertiary/aromatic N) is 1. The molecule has 0 bridgehead atoms. The topological polar surface area (TPSA) is 86.5 Å². The third-order valence-corrected chi connectivity index (χ3v) is 4.07. The van der Waals surface area contributed by atoms with Gasteiger partial charge in [0.25, 0.3) is 9.05 Å². The van der Waals surface area contributed by atoms with E-state index in [1.807, 2.05) is 6.92 Å². The van der Waals surface area contributed by atoms with Crippen LogP contribution in [0.15, 0.2) is 17.0 Å². The lowest BCUT2D eigenvalue weighted by atomic mass is 10.2. The van der Waals surface area contributed by atoms with Gasteiger partial charge in [-0.3, -0.25) is 10.1 Å². The maximum atomic E-state index is 13.7. The minimum Gasteiger partial charge on any atom is -0.487 e. The number of hydrogen-bond donors (Lipinski definition) is 0. The summed E-state index contributed by atoms with van der Waals surface area (Å²) in [6.07, 6.45) is 3.59. The molecule has 0 unspecified atom stereocenters. The van der Waals surface area contributed by atoms with Gasteiger partial charge < -0.3 is 4.74 Å². The van der Waals surface area contributed by atoms with Crippen molar-refractivity contribution in [1.82, 2.24) is 0 Å². The molecule has 118 valence electrons. The quantitative estimate of drug-likeness (QED) is 0.312. The molecule has 0 radical (unpaired) electrons. The number of benzene rings is 1. The first-order chi connectivity index (χ1) is 9.77. The lowest BCUT2D eigenvalue weighted by molar-refractivity contribution is -0.386. The van der Waals surface area contributed by atoms with Crippen LogP contribution in [0.2, 0.25) is 0 Å². The van der Waals surface area contributed by atoms with Gasteiger partial charge in [-0.15, -0.1) is 0 Å². The molecular formula is C12H15ClFNO5S. The molecule has 0 atom stereocenters. The molecule has 0 heterocycles. The molecule has 1 aromatic rings. The summed E-state index contributed by atoms with van der Waals surface area (Å²) >= 11 is 0. The molecule has 0 aliphatic heterocycles. The van der Waals surface area contributed by atoms with Crippen LogP contribution in [0.1, 0.15) is 32.6 Å². The van der Waals surface area contributed by atoms with Crippen molar-refractivity contribution in [3.8, 4) is 5.75 Å². The van der Waals surface area contributed by atoms with Crippen LogP contribution in [-0.2, 0) is 9.05 Å². The maximum Gasteiger partial charge on any atom is 0.312 e. The SMILES string of the molecule is CCCCCCOc1cc(F)c(S(=O)(=O)Cl)cc1[N+](=O)[O-]. The monoisotopic (exact) mass is 339 g/mol. The zero-order valence-corrected chi connectivity index (χ0v) is 12.9. The Morgan fingerprint density at radius 1 is 1.33 bits per heavy atom. The van der Waals surface area contributed by atoms with E-state index in [0.29, 0.717) is 18.6 Å². The van der Waals surface area contributed by atoms with Crippen molar-refractivity contribution in [3.63, 3.8) is 0 Å². The number of ether oxygens (including phenoxy) is 1. The Bertz CT molecular complexity index is 620. The summed E-state index contributed by atoms with van der Waals surface area (Å²) in [5.74, 6) is -1.49. The van der Waals surface area contributed by atoms with Crippen LogP contribution in [0, 0.1) is 15.9 Å². The third kappa shape index (κ3) is 5.13. The largest absolute Gasteiger partial charge is 0.487 e. The Kier molecular flexibility index (Phi) is 6.35. The number of hydrogen-bond acceptors (Lipinski definition) is 5. The van der Waals surface area contributed by atoms with Crippen molar-refractivity contribution in [1.29, 1.82) is 0 Å². The maximum absolute atomic E-state index is 13.7. The average Bonchev–Trinajstić information content (AvgIpc) is 2.36. The van der Waals surface area contributed by atoms with E-state index in [1.54, 1.807) is 0 Å². The second kappa shape index (κ2) is 7.56. The summed E-state index contributed by atoms with van der Waals surface area (Å²) < 4.78 is 41.1. The van der Waals surface area contributed by atoms with E-state index in [1.165, 1.54) is 0 Å². The van der Waals surface area contributed by atoms with Crippen molar-refractivity contribution in [3.05, 3.63) is 28.1 Å².